The molecular weight excluding hydrogens is 355 g/mol. The Morgan fingerprint density at radius 1 is 1.12 bits per heavy atom. The van der Waals surface area contributed by atoms with E-state index in [0.717, 1.165) is 38.4 Å². The summed E-state index contributed by atoms with van der Waals surface area (Å²) < 4.78 is 19.2. The number of rotatable bonds is 6. The van der Waals surface area contributed by atoms with E-state index in [-0.39, 0.29) is 12.3 Å². The quantitative estimate of drug-likeness (QED) is 0.842. The molecule has 0 atom stereocenters. The van der Waals surface area contributed by atoms with Gasteiger partial charge in [0, 0.05) is 31.2 Å². The topological polar surface area (TPSA) is 41.6 Å². The van der Waals surface area contributed by atoms with Crippen molar-refractivity contribution in [3.8, 4) is 0 Å². The zero-order valence-electron chi connectivity index (χ0n) is 14.5. The second kappa shape index (κ2) is 9.12. The fourth-order valence-electron chi connectivity index (χ4n) is 2.98. The minimum atomic E-state index is -0.458. The van der Waals surface area contributed by atoms with Crippen molar-refractivity contribution >= 4 is 17.5 Å². The molecule has 1 saturated heterocycles. The molecule has 0 saturated carbocycles. The van der Waals surface area contributed by atoms with Gasteiger partial charge in [-0.2, -0.15) is 0 Å². The molecule has 6 heteroatoms. The van der Waals surface area contributed by atoms with Gasteiger partial charge in [0.05, 0.1) is 19.6 Å². The maximum absolute atomic E-state index is 13.8. The van der Waals surface area contributed by atoms with Crippen molar-refractivity contribution in [3.05, 3.63) is 70.0 Å². The molecule has 0 radical (unpaired) electrons. The van der Waals surface area contributed by atoms with Crippen molar-refractivity contribution in [1.29, 1.82) is 0 Å². The minimum Gasteiger partial charge on any atom is -0.379 e. The lowest BCUT2D eigenvalue weighted by molar-refractivity contribution is -0.120. The van der Waals surface area contributed by atoms with Crippen LogP contribution in [-0.2, 0) is 29.0 Å². The summed E-state index contributed by atoms with van der Waals surface area (Å²) in [5.41, 5.74) is 2.60. The highest BCUT2D eigenvalue weighted by molar-refractivity contribution is 6.30. The van der Waals surface area contributed by atoms with Crippen molar-refractivity contribution in [2.45, 2.75) is 19.5 Å². The Hall–Kier alpha value is -1.95. The molecule has 2 aromatic rings. The first-order valence-corrected chi connectivity index (χ1v) is 9.07. The van der Waals surface area contributed by atoms with E-state index in [1.54, 1.807) is 12.1 Å². The number of morpholine rings is 1. The average molecular weight is 377 g/mol. The summed E-state index contributed by atoms with van der Waals surface area (Å²) in [6.07, 6.45) is -0.00532. The molecule has 138 valence electrons. The van der Waals surface area contributed by atoms with Crippen LogP contribution in [0.1, 0.15) is 16.7 Å². The van der Waals surface area contributed by atoms with E-state index in [4.69, 9.17) is 16.3 Å². The Morgan fingerprint density at radius 3 is 2.58 bits per heavy atom. The van der Waals surface area contributed by atoms with E-state index in [1.165, 1.54) is 11.6 Å². The summed E-state index contributed by atoms with van der Waals surface area (Å²) in [6, 6.07) is 12.4. The van der Waals surface area contributed by atoms with Crippen LogP contribution >= 0.6 is 11.6 Å². The monoisotopic (exact) mass is 376 g/mol. The van der Waals surface area contributed by atoms with Gasteiger partial charge >= 0.3 is 0 Å². The Kier molecular flexibility index (Phi) is 6.61. The Morgan fingerprint density at radius 2 is 1.85 bits per heavy atom. The first-order chi connectivity index (χ1) is 12.6. The van der Waals surface area contributed by atoms with Gasteiger partial charge < -0.3 is 10.1 Å². The largest absolute Gasteiger partial charge is 0.379 e. The van der Waals surface area contributed by atoms with Crippen LogP contribution in [0.2, 0.25) is 5.02 Å². The third-order valence-electron chi connectivity index (χ3n) is 4.46. The lowest BCUT2D eigenvalue weighted by Crippen LogP contribution is -2.36. The molecule has 1 aliphatic heterocycles. The predicted molar refractivity (Wildman–Crippen MR) is 99.5 cm³/mol. The Labute approximate surface area is 157 Å². The smallest absolute Gasteiger partial charge is 0.224 e. The number of halogens is 2. The molecule has 3 rings (SSSR count). The molecular formula is C20H22ClFN2O2. The van der Waals surface area contributed by atoms with Gasteiger partial charge in [0.2, 0.25) is 5.91 Å². The van der Waals surface area contributed by atoms with Crippen molar-refractivity contribution in [3.63, 3.8) is 0 Å². The zero-order chi connectivity index (χ0) is 18.4. The summed E-state index contributed by atoms with van der Waals surface area (Å²) in [6.45, 7) is 4.60. The standard InChI is InChI=1S/C20H22ClFN2O2/c21-18-6-5-15(19(22)12-18)11-20(25)23-13-16-3-1-2-4-17(16)14-24-7-9-26-10-8-24/h1-6,12H,7-11,13-14H2,(H,23,25). The van der Waals surface area contributed by atoms with Gasteiger partial charge in [0.1, 0.15) is 5.82 Å². The summed E-state index contributed by atoms with van der Waals surface area (Å²) in [5, 5.41) is 3.21. The van der Waals surface area contributed by atoms with E-state index in [0.29, 0.717) is 17.1 Å². The molecule has 2 aromatic carbocycles. The first kappa shape index (κ1) is 18.8. The molecule has 1 amide bonds. The molecule has 0 unspecified atom stereocenters. The van der Waals surface area contributed by atoms with Gasteiger partial charge in [-0.25, -0.2) is 4.39 Å². The van der Waals surface area contributed by atoms with Crippen LogP contribution in [0.4, 0.5) is 4.39 Å². The highest BCUT2D eigenvalue weighted by atomic mass is 35.5. The molecule has 0 aliphatic carbocycles. The number of benzene rings is 2. The van der Waals surface area contributed by atoms with Crippen LogP contribution in [0.25, 0.3) is 0 Å². The van der Waals surface area contributed by atoms with Crippen LogP contribution in [0.5, 0.6) is 0 Å². The van der Waals surface area contributed by atoms with Gasteiger partial charge in [-0.3, -0.25) is 9.69 Å². The molecule has 1 fully saturated rings. The first-order valence-electron chi connectivity index (χ1n) is 8.69. The number of carbonyl (C=O) groups excluding carboxylic acids is 1. The van der Waals surface area contributed by atoms with E-state index < -0.39 is 5.82 Å². The van der Waals surface area contributed by atoms with Crippen LogP contribution in [0.3, 0.4) is 0 Å². The van der Waals surface area contributed by atoms with Crippen LogP contribution < -0.4 is 5.32 Å². The summed E-state index contributed by atoms with van der Waals surface area (Å²) >= 11 is 5.74. The van der Waals surface area contributed by atoms with E-state index in [1.807, 2.05) is 18.2 Å². The normalized spacial score (nSPS) is 15.0. The van der Waals surface area contributed by atoms with E-state index in [9.17, 15) is 9.18 Å². The number of nitrogens with zero attached hydrogens (tertiary/aromatic N) is 1. The van der Waals surface area contributed by atoms with Crippen molar-refractivity contribution in [2.24, 2.45) is 0 Å². The molecule has 1 aliphatic rings. The van der Waals surface area contributed by atoms with Gasteiger partial charge in [0.25, 0.3) is 0 Å². The number of hydrogen-bond acceptors (Lipinski definition) is 3. The van der Waals surface area contributed by atoms with Crippen molar-refractivity contribution < 1.29 is 13.9 Å². The van der Waals surface area contributed by atoms with Crippen LogP contribution in [-0.4, -0.2) is 37.1 Å². The molecule has 1 N–H and O–H groups in total. The Balaban J connectivity index is 1.57. The molecule has 0 spiro atoms. The third kappa shape index (κ3) is 5.27. The highest BCUT2D eigenvalue weighted by Crippen LogP contribution is 2.16. The molecule has 1 heterocycles. The van der Waals surface area contributed by atoms with E-state index >= 15 is 0 Å². The van der Waals surface area contributed by atoms with E-state index in [2.05, 4.69) is 16.3 Å². The second-order valence-electron chi connectivity index (χ2n) is 6.35. The summed E-state index contributed by atoms with van der Waals surface area (Å²) in [4.78, 5) is 14.5. The molecule has 26 heavy (non-hydrogen) atoms. The summed E-state index contributed by atoms with van der Waals surface area (Å²) in [5.74, 6) is -0.673. The SMILES string of the molecule is O=C(Cc1ccc(Cl)cc1F)NCc1ccccc1CN1CCOCC1. The maximum Gasteiger partial charge on any atom is 0.224 e. The minimum absolute atomic E-state index is 0.00532. The maximum atomic E-state index is 13.8. The molecule has 0 bridgehead atoms. The van der Waals surface area contributed by atoms with Crippen molar-refractivity contribution in [1.82, 2.24) is 10.2 Å². The predicted octanol–water partition coefficient (Wildman–Crippen LogP) is 3.17. The Bertz CT molecular complexity index is 763. The average Bonchev–Trinajstić information content (AvgIpc) is 2.64. The van der Waals surface area contributed by atoms with Crippen molar-refractivity contribution in [2.75, 3.05) is 26.3 Å². The van der Waals surface area contributed by atoms with Gasteiger partial charge in [0.15, 0.2) is 0 Å². The molecule has 0 aromatic heterocycles. The lowest BCUT2D eigenvalue weighted by Gasteiger charge is -2.27. The fraction of sp³-hybridized carbons (Fsp3) is 0.350. The van der Waals surface area contributed by atoms with Crippen LogP contribution in [0.15, 0.2) is 42.5 Å². The lowest BCUT2D eigenvalue weighted by atomic mass is 10.1. The van der Waals surface area contributed by atoms with Gasteiger partial charge in [-0.15, -0.1) is 0 Å². The fourth-order valence-corrected chi connectivity index (χ4v) is 3.14. The zero-order valence-corrected chi connectivity index (χ0v) is 15.3. The van der Waals surface area contributed by atoms with Gasteiger partial charge in [-0.1, -0.05) is 41.9 Å². The third-order valence-corrected chi connectivity index (χ3v) is 4.69. The summed E-state index contributed by atoms with van der Waals surface area (Å²) in [7, 11) is 0. The second-order valence-corrected chi connectivity index (χ2v) is 6.78. The number of ether oxygens (including phenoxy) is 1. The number of amides is 1. The highest BCUT2D eigenvalue weighted by Gasteiger charge is 2.13. The molecule has 4 nitrogen and oxygen atoms in total. The van der Waals surface area contributed by atoms with Gasteiger partial charge in [-0.05, 0) is 28.8 Å². The number of hydrogen-bond donors (Lipinski definition) is 1. The van der Waals surface area contributed by atoms with Crippen LogP contribution in [0, 0.1) is 5.82 Å². The number of carbonyl (C=O) groups is 1. The number of nitrogens with one attached hydrogen (secondary N) is 1.